The maximum Gasteiger partial charge on any atom is 0.410 e. The van der Waals surface area contributed by atoms with Gasteiger partial charge >= 0.3 is 12.1 Å². The Morgan fingerprint density at radius 1 is 1.22 bits per heavy atom. The molecule has 7 nitrogen and oxygen atoms in total. The van der Waals surface area contributed by atoms with Crippen molar-refractivity contribution in [3.63, 3.8) is 0 Å². The van der Waals surface area contributed by atoms with E-state index in [2.05, 4.69) is 17.1 Å². The number of rotatable bonds is 2. The second-order valence-corrected chi connectivity index (χ2v) is 7.60. The van der Waals surface area contributed by atoms with Gasteiger partial charge in [-0.05, 0) is 34.1 Å². The quantitative estimate of drug-likeness (QED) is 0.787. The van der Waals surface area contributed by atoms with Gasteiger partial charge in [0.25, 0.3) is 0 Å². The number of hydrogen-bond donors (Lipinski definition) is 2. The molecule has 132 valence electrons. The van der Waals surface area contributed by atoms with Crippen LogP contribution in [0.15, 0.2) is 0 Å². The first-order valence-electron chi connectivity index (χ1n) is 8.34. The second-order valence-electron chi connectivity index (χ2n) is 7.60. The Morgan fingerprint density at radius 3 is 2.48 bits per heavy atom. The van der Waals surface area contributed by atoms with Gasteiger partial charge in [0.1, 0.15) is 5.60 Å². The summed E-state index contributed by atoms with van der Waals surface area (Å²) in [5.74, 6) is -1.06. The van der Waals surface area contributed by atoms with Crippen LogP contribution in [-0.2, 0) is 9.53 Å². The number of nitrogens with one attached hydrogen (secondary N) is 1. The molecule has 2 fully saturated rings. The monoisotopic (exact) mass is 327 g/mol. The third kappa shape index (κ3) is 4.81. The molecular formula is C16H29N3O4. The third-order valence-electron chi connectivity index (χ3n) is 4.48. The van der Waals surface area contributed by atoms with Gasteiger partial charge in [-0.3, -0.25) is 9.69 Å². The van der Waals surface area contributed by atoms with Crippen molar-refractivity contribution in [3.8, 4) is 0 Å². The number of piperidine rings is 1. The molecule has 0 spiro atoms. The molecule has 23 heavy (non-hydrogen) atoms. The average Bonchev–Trinajstić information content (AvgIpc) is 2.45. The van der Waals surface area contributed by atoms with Gasteiger partial charge in [-0.25, -0.2) is 4.79 Å². The molecule has 2 aliphatic heterocycles. The fourth-order valence-corrected chi connectivity index (χ4v) is 3.37. The molecule has 0 bridgehead atoms. The van der Waals surface area contributed by atoms with Crippen LogP contribution in [-0.4, -0.2) is 77.4 Å². The van der Waals surface area contributed by atoms with Crippen LogP contribution in [0, 0.1) is 5.92 Å². The van der Waals surface area contributed by atoms with Crippen LogP contribution in [0.3, 0.4) is 0 Å². The molecule has 2 saturated heterocycles. The highest BCUT2D eigenvalue weighted by Gasteiger charge is 2.36. The Hall–Kier alpha value is -1.34. The lowest BCUT2D eigenvalue weighted by Crippen LogP contribution is -2.61. The largest absolute Gasteiger partial charge is 0.481 e. The van der Waals surface area contributed by atoms with Crippen molar-refractivity contribution < 1.29 is 19.4 Å². The number of piperazine rings is 1. The minimum atomic E-state index is -0.734. The molecule has 0 aliphatic carbocycles. The Kier molecular flexibility index (Phi) is 5.52. The molecule has 7 heteroatoms. The van der Waals surface area contributed by atoms with Gasteiger partial charge < -0.3 is 20.1 Å². The van der Waals surface area contributed by atoms with Gasteiger partial charge in [0, 0.05) is 44.8 Å². The van der Waals surface area contributed by atoms with E-state index < -0.39 is 11.6 Å². The summed E-state index contributed by atoms with van der Waals surface area (Å²) in [7, 11) is 0. The van der Waals surface area contributed by atoms with Gasteiger partial charge in [0.05, 0.1) is 5.92 Å². The lowest BCUT2D eigenvalue weighted by atomic mass is 9.93. The topological polar surface area (TPSA) is 82.1 Å². The molecule has 2 N–H and O–H groups in total. The van der Waals surface area contributed by atoms with E-state index in [0.29, 0.717) is 26.1 Å². The highest BCUT2D eigenvalue weighted by atomic mass is 16.6. The summed E-state index contributed by atoms with van der Waals surface area (Å²) in [4.78, 5) is 27.5. The molecule has 0 unspecified atom stereocenters. The maximum absolute atomic E-state index is 12.2. The third-order valence-corrected chi connectivity index (χ3v) is 4.48. The molecule has 1 amide bonds. The summed E-state index contributed by atoms with van der Waals surface area (Å²) < 4.78 is 5.43. The molecule has 0 aromatic heterocycles. The summed E-state index contributed by atoms with van der Waals surface area (Å²) in [6, 6.07) is 0.399. The molecule has 0 radical (unpaired) electrons. The van der Waals surface area contributed by atoms with Crippen molar-refractivity contribution in [1.82, 2.24) is 15.1 Å². The minimum absolute atomic E-state index is 0.190. The summed E-state index contributed by atoms with van der Waals surface area (Å²) in [5, 5.41) is 12.4. The van der Waals surface area contributed by atoms with E-state index in [-0.39, 0.29) is 24.1 Å². The number of amides is 1. The Morgan fingerprint density at radius 2 is 1.91 bits per heavy atom. The van der Waals surface area contributed by atoms with Crippen molar-refractivity contribution in [2.75, 3.05) is 32.7 Å². The van der Waals surface area contributed by atoms with Crippen molar-refractivity contribution in [2.24, 2.45) is 5.92 Å². The fourth-order valence-electron chi connectivity index (χ4n) is 3.37. The summed E-state index contributed by atoms with van der Waals surface area (Å²) in [5.41, 5.74) is -0.487. The van der Waals surface area contributed by atoms with Crippen LogP contribution in [0.2, 0.25) is 0 Å². The predicted molar refractivity (Wildman–Crippen MR) is 86.4 cm³/mol. The lowest BCUT2D eigenvalue weighted by Gasteiger charge is -2.45. The van der Waals surface area contributed by atoms with E-state index in [0.717, 1.165) is 13.1 Å². The molecule has 0 aromatic rings. The predicted octanol–water partition coefficient (Wildman–Crippen LogP) is 0.990. The zero-order valence-corrected chi connectivity index (χ0v) is 14.5. The van der Waals surface area contributed by atoms with Crippen LogP contribution >= 0.6 is 0 Å². The first kappa shape index (κ1) is 18.0. The Labute approximate surface area is 138 Å². The molecule has 2 aliphatic rings. The number of nitrogens with zero attached hydrogens (tertiary/aromatic N) is 2. The first-order chi connectivity index (χ1) is 10.7. The molecule has 0 saturated carbocycles. The Balaban J connectivity index is 1.91. The van der Waals surface area contributed by atoms with Crippen LogP contribution in [0.5, 0.6) is 0 Å². The summed E-state index contributed by atoms with van der Waals surface area (Å²) in [6.45, 7) is 11.0. The number of ether oxygens (including phenoxy) is 1. The number of hydrogen-bond acceptors (Lipinski definition) is 5. The van der Waals surface area contributed by atoms with Gasteiger partial charge in [-0.1, -0.05) is 0 Å². The normalized spacial score (nSPS) is 30.1. The van der Waals surface area contributed by atoms with Crippen LogP contribution in [0.25, 0.3) is 0 Å². The standard InChI is InChI=1S/C16H29N3O4/c1-11-10-18(15(22)23-16(2,3)4)5-6-19(11)13-7-12(14(20)21)8-17-9-13/h11-13,17H,5-10H2,1-4H3,(H,20,21)/t11-,12-,13+/m0/s1. The van der Waals surface area contributed by atoms with E-state index in [1.54, 1.807) is 4.90 Å². The SMILES string of the molecule is C[C@H]1CN(C(=O)OC(C)(C)C)CCN1[C@H]1CNC[C@@H](C(=O)O)C1. The van der Waals surface area contributed by atoms with Crippen molar-refractivity contribution in [3.05, 3.63) is 0 Å². The summed E-state index contributed by atoms with van der Waals surface area (Å²) >= 11 is 0. The van der Waals surface area contributed by atoms with Gasteiger partial charge in [0.2, 0.25) is 0 Å². The number of aliphatic carboxylic acids is 1. The number of carboxylic acids is 1. The fraction of sp³-hybridized carbons (Fsp3) is 0.875. The van der Waals surface area contributed by atoms with Crippen LogP contribution in [0.1, 0.15) is 34.1 Å². The first-order valence-corrected chi connectivity index (χ1v) is 8.34. The zero-order valence-electron chi connectivity index (χ0n) is 14.5. The van der Waals surface area contributed by atoms with Gasteiger partial charge in [-0.2, -0.15) is 0 Å². The van der Waals surface area contributed by atoms with E-state index in [1.165, 1.54) is 0 Å². The highest BCUT2D eigenvalue weighted by Crippen LogP contribution is 2.22. The molecule has 3 atom stereocenters. The number of carbonyl (C=O) groups is 2. The van der Waals surface area contributed by atoms with E-state index in [4.69, 9.17) is 4.74 Å². The average molecular weight is 327 g/mol. The zero-order chi connectivity index (χ0) is 17.2. The molecular weight excluding hydrogens is 298 g/mol. The lowest BCUT2D eigenvalue weighted by molar-refractivity contribution is -0.143. The van der Waals surface area contributed by atoms with E-state index in [1.807, 2.05) is 20.8 Å². The minimum Gasteiger partial charge on any atom is -0.481 e. The smallest absolute Gasteiger partial charge is 0.410 e. The number of carboxylic acid groups (broad SMARTS) is 1. The maximum atomic E-state index is 12.2. The highest BCUT2D eigenvalue weighted by molar-refractivity contribution is 5.70. The van der Waals surface area contributed by atoms with Crippen LogP contribution < -0.4 is 5.32 Å². The molecule has 2 rings (SSSR count). The Bertz CT molecular complexity index is 449. The van der Waals surface area contributed by atoms with E-state index >= 15 is 0 Å². The molecule has 2 heterocycles. The second kappa shape index (κ2) is 7.05. The molecule has 0 aromatic carbocycles. The van der Waals surface area contributed by atoms with Gasteiger partial charge in [-0.15, -0.1) is 0 Å². The van der Waals surface area contributed by atoms with Gasteiger partial charge in [0.15, 0.2) is 0 Å². The van der Waals surface area contributed by atoms with Crippen LogP contribution in [0.4, 0.5) is 4.79 Å². The van der Waals surface area contributed by atoms with Crippen molar-refractivity contribution in [1.29, 1.82) is 0 Å². The van der Waals surface area contributed by atoms with Crippen molar-refractivity contribution in [2.45, 2.75) is 51.8 Å². The number of carbonyl (C=O) groups excluding carboxylic acids is 1. The van der Waals surface area contributed by atoms with E-state index in [9.17, 15) is 14.7 Å². The van der Waals surface area contributed by atoms with Crippen molar-refractivity contribution >= 4 is 12.1 Å². The summed E-state index contributed by atoms with van der Waals surface area (Å²) in [6.07, 6.45) is 0.397.